The smallest absolute Gasteiger partial charge is 0.270 e. The molecule has 0 saturated heterocycles. The van der Waals surface area contributed by atoms with E-state index in [0.29, 0.717) is 6.42 Å². The number of aliphatic hydroxyl groups is 1. The molecule has 0 aliphatic heterocycles. The summed E-state index contributed by atoms with van der Waals surface area (Å²) in [6, 6.07) is 12.7. The van der Waals surface area contributed by atoms with Crippen LogP contribution in [0.2, 0.25) is 0 Å². The molecule has 2 aromatic carbocycles. The molecule has 3 rings (SSSR count). The minimum Gasteiger partial charge on any atom is -0.392 e. The Labute approximate surface area is 116 Å². The Balaban J connectivity index is 2.23. The summed E-state index contributed by atoms with van der Waals surface area (Å²) in [4.78, 5) is 10.6. The number of nitro benzene ring substituents is 1. The molecule has 0 heterocycles. The predicted molar refractivity (Wildman–Crippen MR) is 76.7 cm³/mol. The number of nitrogens with zero attached hydrogens (tertiary/aromatic N) is 1. The molecule has 0 bridgehead atoms. The number of nitro groups is 1. The lowest BCUT2D eigenvalue weighted by molar-refractivity contribution is -0.384. The Hall–Kier alpha value is -2.20. The Bertz CT molecular complexity index is 681. The van der Waals surface area contributed by atoms with Crippen LogP contribution in [0.1, 0.15) is 30.4 Å². The van der Waals surface area contributed by atoms with Gasteiger partial charge in [0.05, 0.1) is 11.0 Å². The molecule has 1 aliphatic carbocycles. The first-order valence-corrected chi connectivity index (χ1v) is 6.69. The number of fused-ring (bicyclic) bond motifs is 3. The lowest BCUT2D eigenvalue weighted by Crippen LogP contribution is -2.16. The molecule has 4 nitrogen and oxygen atoms in total. The summed E-state index contributed by atoms with van der Waals surface area (Å²) in [6.07, 6.45) is 0.175. The standard InChI is InChI=1S/C16H15NO3/c1-2-15(18)16-12-6-4-3-5-11(12)14-9-10(17(19)20)7-8-13(14)16/h3-9,15-16,18H,2H2,1H3. The molecule has 0 saturated carbocycles. The van der Waals surface area contributed by atoms with E-state index in [9.17, 15) is 15.2 Å². The van der Waals surface area contributed by atoms with Crippen molar-refractivity contribution < 1.29 is 10.0 Å². The van der Waals surface area contributed by atoms with Crippen LogP contribution in [0.5, 0.6) is 0 Å². The Morgan fingerprint density at radius 2 is 1.90 bits per heavy atom. The number of rotatable bonds is 3. The van der Waals surface area contributed by atoms with Gasteiger partial charge in [0.1, 0.15) is 0 Å². The Morgan fingerprint density at radius 1 is 1.20 bits per heavy atom. The van der Waals surface area contributed by atoms with Gasteiger partial charge in [0.25, 0.3) is 5.69 Å². The van der Waals surface area contributed by atoms with Crippen molar-refractivity contribution in [1.29, 1.82) is 0 Å². The summed E-state index contributed by atoms with van der Waals surface area (Å²) in [5.41, 5.74) is 3.98. The molecular formula is C16H15NO3. The fourth-order valence-electron chi connectivity index (χ4n) is 2.99. The van der Waals surface area contributed by atoms with Gasteiger partial charge < -0.3 is 5.11 Å². The number of hydrogen-bond donors (Lipinski definition) is 1. The molecule has 0 amide bonds. The number of hydrogen-bond acceptors (Lipinski definition) is 3. The van der Waals surface area contributed by atoms with Crippen molar-refractivity contribution in [3.05, 3.63) is 63.7 Å². The van der Waals surface area contributed by atoms with Crippen molar-refractivity contribution in [1.82, 2.24) is 0 Å². The zero-order chi connectivity index (χ0) is 14.3. The first kappa shape index (κ1) is 12.8. The predicted octanol–water partition coefficient (Wildman–Crippen LogP) is 3.48. The first-order chi connectivity index (χ1) is 9.63. The molecule has 0 aromatic heterocycles. The summed E-state index contributed by atoms with van der Waals surface area (Å²) in [6.45, 7) is 1.94. The maximum Gasteiger partial charge on any atom is 0.270 e. The molecular weight excluding hydrogens is 254 g/mol. The molecule has 1 N–H and O–H groups in total. The summed E-state index contributed by atoms with van der Waals surface area (Å²) in [7, 11) is 0. The molecule has 2 aromatic rings. The fraction of sp³-hybridized carbons (Fsp3) is 0.250. The van der Waals surface area contributed by atoms with E-state index in [1.807, 2.05) is 31.2 Å². The fourth-order valence-corrected chi connectivity index (χ4v) is 2.99. The van der Waals surface area contributed by atoms with Crippen molar-refractivity contribution in [2.24, 2.45) is 0 Å². The quantitative estimate of drug-likeness (QED) is 0.685. The third-order valence-corrected chi connectivity index (χ3v) is 3.97. The molecule has 102 valence electrons. The second kappa shape index (κ2) is 4.72. The third kappa shape index (κ3) is 1.80. The highest BCUT2D eigenvalue weighted by Gasteiger charge is 2.33. The first-order valence-electron chi connectivity index (χ1n) is 6.69. The molecule has 2 unspecified atom stereocenters. The van der Waals surface area contributed by atoms with E-state index in [2.05, 4.69) is 0 Å². The SMILES string of the molecule is CCC(O)C1c2ccccc2-c2cc([N+](=O)[O-])ccc21. The van der Waals surface area contributed by atoms with E-state index >= 15 is 0 Å². The van der Waals surface area contributed by atoms with Crippen LogP contribution >= 0.6 is 0 Å². The van der Waals surface area contributed by atoms with Gasteiger partial charge in [0.2, 0.25) is 0 Å². The van der Waals surface area contributed by atoms with Crippen molar-refractivity contribution in [2.75, 3.05) is 0 Å². The van der Waals surface area contributed by atoms with Crippen LogP contribution in [0, 0.1) is 10.1 Å². The molecule has 0 fully saturated rings. The molecule has 1 aliphatic rings. The van der Waals surface area contributed by atoms with Gasteiger partial charge in [-0.2, -0.15) is 0 Å². The summed E-state index contributed by atoms with van der Waals surface area (Å²) in [5.74, 6) is -0.0907. The minimum atomic E-state index is -0.473. The maximum atomic E-state index is 10.9. The van der Waals surface area contributed by atoms with Crippen molar-refractivity contribution >= 4 is 5.69 Å². The van der Waals surface area contributed by atoms with Gasteiger partial charge in [-0.05, 0) is 28.7 Å². The van der Waals surface area contributed by atoms with Gasteiger partial charge in [-0.1, -0.05) is 37.3 Å². The van der Waals surface area contributed by atoms with Gasteiger partial charge in [0.15, 0.2) is 0 Å². The lowest BCUT2D eigenvalue weighted by atomic mass is 9.90. The highest BCUT2D eigenvalue weighted by Crippen LogP contribution is 2.47. The van der Waals surface area contributed by atoms with Crippen LogP contribution in [0.25, 0.3) is 11.1 Å². The van der Waals surface area contributed by atoms with Crippen LogP contribution in [-0.4, -0.2) is 16.1 Å². The van der Waals surface area contributed by atoms with Crippen LogP contribution in [-0.2, 0) is 0 Å². The Kier molecular flexibility index (Phi) is 3.03. The highest BCUT2D eigenvalue weighted by molar-refractivity contribution is 5.80. The second-order valence-corrected chi connectivity index (χ2v) is 5.07. The van der Waals surface area contributed by atoms with Crippen molar-refractivity contribution in [3.63, 3.8) is 0 Å². The average molecular weight is 269 g/mol. The minimum absolute atomic E-state index is 0.0881. The lowest BCUT2D eigenvalue weighted by Gasteiger charge is -2.19. The van der Waals surface area contributed by atoms with Gasteiger partial charge in [-0.15, -0.1) is 0 Å². The molecule has 2 atom stereocenters. The van der Waals surface area contributed by atoms with E-state index in [0.717, 1.165) is 22.3 Å². The zero-order valence-corrected chi connectivity index (χ0v) is 11.1. The molecule has 4 heteroatoms. The molecule has 0 spiro atoms. The van der Waals surface area contributed by atoms with Gasteiger partial charge >= 0.3 is 0 Å². The topological polar surface area (TPSA) is 63.4 Å². The van der Waals surface area contributed by atoms with E-state index < -0.39 is 6.10 Å². The molecule has 20 heavy (non-hydrogen) atoms. The number of aliphatic hydroxyl groups excluding tert-OH is 1. The Morgan fingerprint density at radius 3 is 2.60 bits per heavy atom. The van der Waals surface area contributed by atoms with E-state index in [4.69, 9.17) is 0 Å². The van der Waals surface area contributed by atoms with Crippen molar-refractivity contribution in [3.8, 4) is 11.1 Å². The second-order valence-electron chi connectivity index (χ2n) is 5.07. The van der Waals surface area contributed by atoms with Crippen molar-refractivity contribution in [2.45, 2.75) is 25.4 Å². The van der Waals surface area contributed by atoms with Crippen LogP contribution in [0.3, 0.4) is 0 Å². The average Bonchev–Trinajstić information content (AvgIpc) is 2.80. The monoisotopic (exact) mass is 269 g/mol. The maximum absolute atomic E-state index is 10.9. The van der Waals surface area contributed by atoms with Gasteiger partial charge in [-0.3, -0.25) is 10.1 Å². The summed E-state index contributed by atoms with van der Waals surface area (Å²) < 4.78 is 0. The van der Waals surface area contributed by atoms with E-state index in [1.54, 1.807) is 12.1 Å². The van der Waals surface area contributed by atoms with Crippen LogP contribution in [0.4, 0.5) is 5.69 Å². The third-order valence-electron chi connectivity index (χ3n) is 3.97. The normalized spacial score (nSPS) is 17.4. The van der Waals surface area contributed by atoms with Gasteiger partial charge in [0, 0.05) is 18.1 Å². The summed E-state index contributed by atoms with van der Waals surface area (Å²) in [5, 5.41) is 21.2. The largest absolute Gasteiger partial charge is 0.392 e. The zero-order valence-electron chi connectivity index (χ0n) is 11.1. The summed E-state index contributed by atoms with van der Waals surface area (Å²) >= 11 is 0. The molecule has 0 radical (unpaired) electrons. The number of benzene rings is 2. The number of non-ortho nitro benzene ring substituents is 1. The van der Waals surface area contributed by atoms with Gasteiger partial charge in [-0.25, -0.2) is 0 Å². The van der Waals surface area contributed by atoms with Crippen LogP contribution < -0.4 is 0 Å². The van der Waals surface area contributed by atoms with E-state index in [1.165, 1.54) is 6.07 Å². The highest BCUT2D eigenvalue weighted by atomic mass is 16.6. The van der Waals surface area contributed by atoms with Crippen LogP contribution in [0.15, 0.2) is 42.5 Å². The van der Waals surface area contributed by atoms with E-state index in [-0.39, 0.29) is 16.5 Å².